The molecule has 2 aromatic heterocycles. The van der Waals surface area contributed by atoms with Crippen molar-refractivity contribution in [3.05, 3.63) is 21.8 Å². The van der Waals surface area contributed by atoms with E-state index in [0.717, 1.165) is 36.5 Å². The third-order valence-electron chi connectivity index (χ3n) is 4.51. The van der Waals surface area contributed by atoms with Crippen molar-refractivity contribution in [3.63, 3.8) is 0 Å². The molecule has 4 N–H and O–H groups in total. The van der Waals surface area contributed by atoms with Crippen LogP contribution >= 0.6 is 11.3 Å². The highest BCUT2D eigenvalue weighted by Gasteiger charge is 2.23. The first-order valence-corrected chi connectivity index (χ1v) is 11.9. The third kappa shape index (κ3) is 5.41. The van der Waals surface area contributed by atoms with Gasteiger partial charge in [0.2, 0.25) is 5.95 Å². The minimum Gasteiger partial charge on any atom is -0.462 e. The molecule has 11 nitrogen and oxygen atoms in total. The van der Waals surface area contributed by atoms with Crippen LogP contribution in [0.4, 0.5) is 16.9 Å². The number of ether oxygens (including phenoxy) is 1. The van der Waals surface area contributed by atoms with E-state index in [0.29, 0.717) is 34.8 Å². The number of hydrogen-bond acceptors (Lipinski definition) is 10. The fraction of sp³-hybridized carbons (Fsp3) is 0.529. The number of rotatable bonds is 8. The van der Waals surface area contributed by atoms with Crippen LogP contribution in [0.5, 0.6) is 0 Å². The predicted octanol–water partition coefficient (Wildman–Crippen LogP) is 1.02. The van der Waals surface area contributed by atoms with E-state index in [4.69, 9.17) is 9.88 Å². The Morgan fingerprint density at radius 3 is 2.73 bits per heavy atom. The Morgan fingerprint density at radius 2 is 2.03 bits per heavy atom. The van der Waals surface area contributed by atoms with E-state index in [1.54, 1.807) is 13.8 Å². The molecule has 0 saturated heterocycles. The topological polar surface area (TPSA) is 152 Å². The molecule has 3 heterocycles. The summed E-state index contributed by atoms with van der Waals surface area (Å²) in [5, 5.41) is 8.57. The summed E-state index contributed by atoms with van der Waals surface area (Å²) in [5.41, 5.74) is 2.45. The zero-order chi connectivity index (χ0) is 21.9. The zero-order valence-corrected chi connectivity index (χ0v) is 18.7. The SMILES string of the molecule is CCOC(=O)c1sc(Nc2nc(C)c3c(n2)N(CCNS(N)(=O)=O)CCC3)nc1C. The zero-order valence-electron chi connectivity index (χ0n) is 17.1. The van der Waals surface area contributed by atoms with Crippen LogP contribution in [0.1, 0.15) is 40.0 Å². The third-order valence-corrected chi connectivity index (χ3v) is 6.17. The van der Waals surface area contributed by atoms with Gasteiger partial charge in [-0.15, -0.1) is 0 Å². The Balaban J connectivity index is 1.81. The number of fused-ring (bicyclic) bond motifs is 1. The molecule has 0 spiro atoms. The first kappa shape index (κ1) is 22.3. The van der Waals surface area contributed by atoms with Crippen LogP contribution in [0.25, 0.3) is 0 Å². The molecular formula is C17H25N7O4S2. The van der Waals surface area contributed by atoms with Gasteiger partial charge in [-0.05, 0) is 33.6 Å². The maximum absolute atomic E-state index is 12.0. The normalized spacial score (nSPS) is 13.8. The molecule has 0 bridgehead atoms. The second-order valence-corrected chi connectivity index (χ2v) is 9.12. The molecule has 1 aliphatic rings. The van der Waals surface area contributed by atoms with Crippen molar-refractivity contribution in [2.75, 3.05) is 36.5 Å². The van der Waals surface area contributed by atoms with E-state index in [1.807, 2.05) is 11.8 Å². The summed E-state index contributed by atoms with van der Waals surface area (Å²) in [6.45, 7) is 7.06. The highest BCUT2D eigenvalue weighted by Crippen LogP contribution is 2.30. The second kappa shape index (κ2) is 9.20. The smallest absolute Gasteiger partial charge is 0.350 e. The molecule has 164 valence electrons. The van der Waals surface area contributed by atoms with E-state index >= 15 is 0 Å². The van der Waals surface area contributed by atoms with E-state index in [2.05, 4.69) is 25.0 Å². The number of nitrogens with zero attached hydrogens (tertiary/aromatic N) is 4. The highest BCUT2D eigenvalue weighted by atomic mass is 32.2. The fourth-order valence-electron chi connectivity index (χ4n) is 3.22. The van der Waals surface area contributed by atoms with E-state index in [9.17, 15) is 13.2 Å². The van der Waals surface area contributed by atoms with Gasteiger partial charge in [-0.3, -0.25) is 5.32 Å². The lowest BCUT2D eigenvalue weighted by atomic mass is 10.0. The van der Waals surface area contributed by atoms with Crippen molar-refractivity contribution in [1.29, 1.82) is 0 Å². The molecule has 3 rings (SSSR count). The number of esters is 1. The van der Waals surface area contributed by atoms with Crippen molar-refractivity contribution in [3.8, 4) is 0 Å². The van der Waals surface area contributed by atoms with Gasteiger partial charge in [0.1, 0.15) is 10.7 Å². The Morgan fingerprint density at radius 1 is 1.27 bits per heavy atom. The van der Waals surface area contributed by atoms with Gasteiger partial charge >= 0.3 is 5.97 Å². The number of thiazole rings is 1. The van der Waals surface area contributed by atoms with Gasteiger partial charge in [-0.2, -0.15) is 13.4 Å². The number of anilines is 3. The van der Waals surface area contributed by atoms with Gasteiger partial charge in [-0.25, -0.2) is 24.6 Å². The molecule has 30 heavy (non-hydrogen) atoms. The molecule has 0 aliphatic carbocycles. The summed E-state index contributed by atoms with van der Waals surface area (Å²) >= 11 is 1.18. The quantitative estimate of drug-likeness (QED) is 0.495. The average Bonchev–Trinajstić information content (AvgIpc) is 3.01. The van der Waals surface area contributed by atoms with Gasteiger partial charge in [0.15, 0.2) is 5.13 Å². The summed E-state index contributed by atoms with van der Waals surface area (Å²) in [4.78, 5) is 28.0. The Kier molecular flexibility index (Phi) is 6.85. The maximum atomic E-state index is 12.0. The van der Waals surface area contributed by atoms with Gasteiger partial charge in [0.25, 0.3) is 10.2 Å². The van der Waals surface area contributed by atoms with Crippen LogP contribution in [0.2, 0.25) is 0 Å². The van der Waals surface area contributed by atoms with Gasteiger partial charge < -0.3 is 9.64 Å². The van der Waals surface area contributed by atoms with Crippen LogP contribution in [0.15, 0.2) is 0 Å². The second-order valence-electron chi connectivity index (χ2n) is 6.74. The molecule has 0 fully saturated rings. The van der Waals surface area contributed by atoms with Crippen molar-refractivity contribution >= 4 is 44.4 Å². The standard InChI is InChI=1S/C17H25N7O4S2/c1-4-28-15(25)13-11(3)21-17(29-13)23-16-20-10(2)12-6-5-8-24(14(12)22-16)9-7-19-30(18,26)27/h19H,4-9H2,1-3H3,(H2,18,26,27)(H,20,21,22,23). The van der Waals surface area contributed by atoms with Gasteiger partial charge in [0.05, 0.1) is 12.3 Å². The number of carbonyl (C=O) groups excluding carboxylic acids is 1. The van der Waals surface area contributed by atoms with Crippen molar-refractivity contribution in [1.82, 2.24) is 19.7 Å². The van der Waals surface area contributed by atoms with Crippen molar-refractivity contribution in [2.45, 2.75) is 33.6 Å². The van der Waals surface area contributed by atoms with Crippen molar-refractivity contribution in [2.24, 2.45) is 5.14 Å². The molecule has 0 amide bonds. The Bertz CT molecular complexity index is 1040. The average molecular weight is 456 g/mol. The van der Waals surface area contributed by atoms with E-state index in [-0.39, 0.29) is 6.54 Å². The molecule has 2 aromatic rings. The molecular weight excluding hydrogens is 430 g/mol. The van der Waals surface area contributed by atoms with Crippen LogP contribution in [0.3, 0.4) is 0 Å². The van der Waals surface area contributed by atoms with E-state index < -0.39 is 16.2 Å². The van der Waals surface area contributed by atoms with Crippen LogP contribution in [-0.2, 0) is 21.4 Å². The first-order chi connectivity index (χ1) is 14.2. The Labute approximate surface area is 179 Å². The number of nitrogens with two attached hydrogens (primary N) is 1. The lowest BCUT2D eigenvalue weighted by Gasteiger charge is -2.31. The molecule has 0 atom stereocenters. The van der Waals surface area contributed by atoms with Gasteiger partial charge in [-0.1, -0.05) is 11.3 Å². The summed E-state index contributed by atoms with van der Waals surface area (Å²) in [6.07, 6.45) is 1.78. The number of aryl methyl sites for hydroxylation is 2. The molecule has 0 radical (unpaired) electrons. The van der Waals surface area contributed by atoms with Crippen LogP contribution in [-0.4, -0.2) is 55.6 Å². The minimum atomic E-state index is -3.74. The van der Waals surface area contributed by atoms with Crippen LogP contribution < -0.4 is 20.1 Å². The number of nitrogens with one attached hydrogen (secondary N) is 2. The lowest BCUT2D eigenvalue weighted by molar-refractivity contribution is 0.0531. The van der Waals surface area contributed by atoms with Crippen LogP contribution in [0, 0.1) is 13.8 Å². The molecule has 0 unspecified atom stereocenters. The largest absolute Gasteiger partial charge is 0.462 e. The highest BCUT2D eigenvalue weighted by molar-refractivity contribution is 7.87. The first-order valence-electron chi connectivity index (χ1n) is 9.49. The molecule has 0 saturated carbocycles. The minimum absolute atomic E-state index is 0.179. The summed E-state index contributed by atoms with van der Waals surface area (Å²) < 4.78 is 29.6. The number of hydrogen-bond donors (Lipinski definition) is 3. The molecule has 1 aliphatic heterocycles. The van der Waals surface area contributed by atoms with Crippen molar-refractivity contribution < 1.29 is 17.9 Å². The van der Waals surface area contributed by atoms with Gasteiger partial charge in [0, 0.05) is 30.9 Å². The summed E-state index contributed by atoms with van der Waals surface area (Å²) in [7, 11) is -3.74. The number of aromatic nitrogens is 3. The molecule has 0 aromatic carbocycles. The molecule has 13 heteroatoms. The number of carbonyl (C=O) groups is 1. The predicted molar refractivity (Wildman–Crippen MR) is 115 cm³/mol. The summed E-state index contributed by atoms with van der Waals surface area (Å²) in [6, 6.07) is 0. The fourth-order valence-corrected chi connectivity index (χ4v) is 4.45. The summed E-state index contributed by atoms with van der Waals surface area (Å²) in [5.74, 6) is 0.713. The van der Waals surface area contributed by atoms with E-state index in [1.165, 1.54) is 11.3 Å². The monoisotopic (exact) mass is 455 g/mol. The maximum Gasteiger partial charge on any atom is 0.350 e. The lowest BCUT2D eigenvalue weighted by Crippen LogP contribution is -2.40. The Hall–Kier alpha value is -2.35.